The molecule has 41 heavy (non-hydrogen) atoms. The quantitative estimate of drug-likeness (QED) is 0.363. The van der Waals surface area contributed by atoms with Gasteiger partial charge in [0.05, 0.1) is 24.3 Å². The van der Waals surface area contributed by atoms with Crippen molar-refractivity contribution in [2.45, 2.75) is 44.9 Å². The van der Waals surface area contributed by atoms with Gasteiger partial charge < -0.3 is 19.8 Å². The van der Waals surface area contributed by atoms with Crippen molar-refractivity contribution in [3.05, 3.63) is 82.6 Å². The smallest absolute Gasteiger partial charge is 0.270 e. The number of benzene rings is 1. The maximum absolute atomic E-state index is 15.7. The Labute approximate surface area is 237 Å². The third-order valence-electron chi connectivity index (χ3n) is 8.88. The maximum Gasteiger partial charge on any atom is 0.270 e. The molecule has 1 aliphatic carbocycles. The number of halogens is 2. The van der Waals surface area contributed by atoms with Crippen molar-refractivity contribution in [3.63, 3.8) is 0 Å². The Morgan fingerprint density at radius 1 is 1.17 bits per heavy atom. The van der Waals surface area contributed by atoms with Gasteiger partial charge >= 0.3 is 0 Å². The van der Waals surface area contributed by atoms with Crippen molar-refractivity contribution in [2.24, 2.45) is 17.8 Å². The zero-order valence-corrected chi connectivity index (χ0v) is 23.1. The van der Waals surface area contributed by atoms with Crippen molar-refractivity contribution >= 4 is 16.8 Å². The highest BCUT2D eigenvalue weighted by atomic mass is 19.1. The number of alkyl halides is 1. The van der Waals surface area contributed by atoms with Crippen LogP contribution in [0.4, 0.5) is 8.78 Å². The summed E-state index contributed by atoms with van der Waals surface area (Å²) in [5.41, 5.74) is 3.46. The lowest BCUT2D eigenvalue weighted by molar-refractivity contribution is 0.0936. The Morgan fingerprint density at radius 2 is 1.95 bits per heavy atom. The van der Waals surface area contributed by atoms with Crippen LogP contribution in [0.5, 0.6) is 0 Å². The summed E-state index contributed by atoms with van der Waals surface area (Å²) in [6.07, 6.45) is 3.09. The van der Waals surface area contributed by atoms with Gasteiger partial charge in [-0.25, -0.2) is 18.7 Å². The topological polar surface area (TPSA) is 78.8 Å². The van der Waals surface area contributed by atoms with Gasteiger partial charge in [-0.15, -0.1) is 0 Å². The van der Waals surface area contributed by atoms with Gasteiger partial charge in [0.25, 0.3) is 5.91 Å². The molecule has 4 aromatic rings. The fourth-order valence-electron chi connectivity index (χ4n) is 7.06. The molecule has 1 saturated heterocycles. The number of pyridine rings is 1. The summed E-state index contributed by atoms with van der Waals surface area (Å²) in [5.74, 6) is 7.45. The molecule has 7 nitrogen and oxygen atoms in total. The van der Waals surface area contributed by atoms with Crippen molar-refractivity contribution in [2.75, 3.05) is 20.1 Å². The van der Waals surface area contributed by atoms with Gasteiger partial charge in [0.15, 0.2) is 5.82 Å². The Bertz CT molecular complexity index is 1700. The molecule has 2 bridgehead atoms. The third kappa shape index (κ3) is 4.70. The zero-order chi connectivity index (χ0) is 28.2. The summed E-state index contributed by atoms with van der Waals surface area (Å²) < 4.78 is 31.7. The van der Waals surface area contributed by atoms with Crippen LogP contribution in [-0.2, 0) is 13.0 Å². The number of hydrogen-bond acceptors (Lipinski definition) is 4. The average Bonchev–Trinajstić information content (AvgIpc) is 3.66. The predicted octanol–water partition coefficient (Wildman–Crippen LogP) is 4.56. The zero-order valence-electron chi connectivity index (χ0n) is 23.1. The second-order valence-corrected chi connectivity index (χ2v) is 11.8. The number of fused-ring (bicyclic) bond motifs is 4. The van der Waals surface area contributed by atoms with E-state index in [-0.39, 0.29) is 24.4 Å². The lowest BCUT2D eigenvalue weighted by atomic mass is 9.85. The van der Waals surface area contributed by atoms with Gasteiger partial charge in [0.2, 0.25) is 0 Å². The molecule has 0 spiro atoms. The molecular formula is C32H32F2N6O. The molecule has 3 aromatic heterocycles. The van der Waals surface area contributed by atoms with Crippen LogP contribution in [0.15, 0.2) is 42.7 Å². The lowest BCUT2D eigenvalue weighted by Gasteiger charge is -2.33. The van der Waals surface area contributed by atoms with Crippen molar-refractivity contribution in [3.8, 4) is 11.8 Å². The van der Waals surface area contributed by atoms with Gasteiger partial charge in [0, 0.05) is 53.3 Å². The van der Waals surface area contributed by atoms with E-state index in [0.717, 1.165) is 18.7 Å². The fraction of sp³-hybridized carbons (Fsp3) is 0.406. The number of aromatic nitrogens is 4. The minimum atomic E-state index is -1.05. The molecule has 0 radical (unpaired) electrons. The Kier molecular flexibility index (Phi) is 6.39. The first kappa shape index (κ1) is 25.9. The number of likely N-dealkylation sites (tertiary alicyclic amines) is 1. The van der Waals surface area contributed by atoms with Gasteiger partial charge in [0.1, 0.15) is 17.9 Å². The van der Waals surface area contributed by atoms with Crippen LogP contribution in [0.3, 0.4) is 0 Å². The molecule has 2 N–H and O–H groups in total. The molecule has 3 aliphatic rings. The molecule has 210 valence electrons. The molecule has 9 heteroatoms. The van der Waals surface area contributed by atoms with Crippen LogP contribution in [0.1, 0.15) is 57.7 Å². The molecule has 7 rings (SSSR count). The van der Waals surface area contributed by atoms with Crippen LogP contribution in [0, 0.1) is 42.3 Å². The standard InChI is InChI=1S/C32H32F2N6O/c1-18-11-19(7-10-23-20-8-9-21(23)15-39(2)14-20)12-26(36-18)32(41)38-31(29-27-13-22(33)16-40(27)17-35-29)30-28(34)24-5-3-4-6-25(24)37-30/h3-6,11-12,17,20-23,31,37H,8-9,13-16H2,1-2H3,(H,38,41)/t20-,21+,22-,23?,31?/m1/s1. The lowest BCUT2D eigenvalue weighted by Crippen LogP contribution is -2.38. The summed E-state index contributed by atoms with van der Waals surface area (Å²) in [6.45, 7) is 4.18. The number of carbonyl (C=O) groups excluding carboxylic acids is 1. The number of rotatable bonds is 4. The molecule has 1 amide bonds. The minimum absolute atomic E-state index is 0.158. The number of H-pyrrole nitrogens is 1. The molecule has 1 saturated carbocycles. The van der Waals surface area contributed by atoms with Crippen LogP contribution < -0.4 is 5.32 Å². The van der Waals surface area contributed by atoms with Gasteiger partial charge in [-0.3, -0.25) is 4.79 Å². The van der Waals surface area contributed by atoms with Crippen molar-refractivity contribution < 1.29 is 13.6 Å². The number of aromatic amines is 1. The highest BCUT2D eigenvalue weighted by Crippen LogP contribution is 2.41. The SMILES string of the molecule is Cc1cc(C#CC2[C@@H]3CC[C@H]2CN(C)C3)cc(C(=O)NC(c2ncn3c2C[C@@H](F)C3)c2[nH]c3ccccc3c2F)n1. The maximum atomic E-state index is 15.7. The van der Waals surface area contributed by atoms with E-state index in [2.05, 4.69) is 44.1 Å². The number of carbonyl (C=O) groups is 1. The number of piperidine rings is 1. The van der Waals surface area contributed by atoms with Crippen molar-refractivity contribution in [1.29, 1.82) is 0 Å². The number of nitrogens with one attached hydrogen (secondary N) is 2. The van der Waals surface area contributed by atoms with E-state index in [9.17, 15) is 9.18 Å². The number of amides is 1. The normalized spacial score (nSPS) is 24.2. The first-order chi connectivity index (χ1) is 19.8. The fourth-order valence-corrected chi connectivity index (χ4v) is 7.06. The first-order valence-electron chi connectivity index (χ1n) is 14.3. The van der Waals surface area contributed by atoms with E-state index in [1.807, 2.05) is 19.1 Å². The van der Waals surface area contributed by atoms with Crippen LogP contribution in [-0.4, -0.2) is 56.6 Å². The largest absolute Gasteiger partial charge is 0.354 e. The second kappa shape index (κ2) is 10.1. The number of nitrogens with zero attached hydrogens (tertiary/aromatic N) is 4. The van der Waals surface area contributed by atoms with E-state index in [1.54, 1.807) is 35.2 Å². The summed E-state index contributed by atoms with van der Waals surface area (Å²) in [5, 5.41) is 3.37. The average molecular weight is 555 g/mol. The number of para-hydroxylation sites is 1. The molecule has 2 aliphatic heterocycles. The monoisotopic (exact) mass is 554 g/mol. The number of aryl methyl sites for hydroxylation is 1. The molecule has 2 unspecified atom stereocenters. The van der Waals surface area contributed by atoms with Gasteiger partial charge in [-0.2, -0.15) is 0 Å². The molecular weight excluding hydrogens is 522 g/mol. The van der Waals surface area contributed by atoms with E-state index in [4.69, 9.17) is 0 Å². The highest BCUT2D eigenvalue weighted by Gasteiger charge is 2.40. The summed E-state index contributed by atoms with van der Waals surface area (Å²) in [4.78, 5) is 28.2. The third-order valence-corrected chi connectivity index (χ3v) is 8.88. The summed E-state index contributed by atoms with van der Waals surface area (Å²) in [6, 6.07) is 9.66. The molecule has 5 atom stereocenters. The Hall–Kier alpha value is -4.03. The van der Waals surface area contributed by atoms with Crippen LogP contribution in [0.2, 0.25) is 0 Å². The second-order valence-electron chi connectivity index (χ2n) is 11.8. The minimum Gasteiger partial charge on any atom is -0.354 e. The van der Waals surface area contributed by atoms with Gasteiger partial charge in [-0.1, -0.05) is 24.0 Å². The Balaban J connectivity index is 1.21. The van der Waals surface area contributed by atoms with E-state index < -0.39 is 23.9 Å². The summed E-state index contributed by atoms with van der Waals surface area (Å²) >= 11 is 0. The van der Waals surface area contributed by atoms with E-state index in [1.165, 1.54) is 12.8 Å². The van der Waals surface area contributed by atoms with Crippen LogP contribution >= 0.6 is 0 Å². The van der Waals surface area contributed by atoms with Crippen LogP contribution in [0.25, 0.3) is 10.9 Å². The first-order valence-corrected chi connectivity index (χ1v) is 14.3. The highest BCUT2D eigenvalue weighted by molar-refractivity contribution is 5.93. The van der Waals surface area contributed by atoms with E-state index >= 15 is 4.39 Å². The van der Waals surface area contributed by atoms with Crippen molar-refractivity contribution in [1.82, 2.24) is 29.7 Å². The molecule has 5 heterocycles. The molecule has 2 fully saturated rings. The van der Waals surface area contributed by atoms with E-state index in [0.29, 0.717) is 45.7 Å². The molecule has 1 aromatic carbocycles. The van der Waals surface area contributed by atoms with Gasteiger partial charge in [-0.05, 0) is 62.9 Å². The summed E-state index contributed by atoms with van der Waals surface area (Å²) in [7, 11) is 2.18. The number of hydrogen-bond donors (Lipinski definition) is 2. The predicted molar refractivity (Wildman–Crippen MR) is 151 cm³/mol. The number of imidazole rings is 1. The Morgan fingerprint density at radius 3 is 2.73 bits per heavy atom.